The van der Waals surface area contributed by atoms with E-state index in [9.17, 15) is 14.0 Å². The van der Waals surface area contributed by atoms with Gasteiger partial charge in [0.2, 0.25) is 0 Å². The Hall–Kier alpha value is -2.93. The van der Waals surface area contributed by atoms with Crippen LogP contribution in [0.3, 0.4) is 0 Å². The molecule has 6 nitrogen and oxygen atoms in total. The average molecular weight is 540 g/mol. The number of benzene rings is 2. The molecule has 0 aliphatic carbocycles. The summed E-state index contributed by atoms with van der Waals surface area (Å²) in [5.74, 6) is 0.354. The lowest BCUT2D eigenvalue weighted by Gasteiger charge is -2.33. The van der Waals surface area contributed by atoms with Gasteiger partial charge in [0.25, 0.3) is 5.91 Å². The maximum Gasteiger partial charge on any atom is 0.321 e. The molecule has 0 radical (unpaired) electrons. The normalized spacial score (nSPS) is 14.7. The molecule has 2 aromatic carbocycles. The van der Waals surface area contributed by atoms with Crippen LogP contribution in [0.4, 0.5) is 14.9 Å². The number of likely N-dealkylation sites (tertiary alicyclic amines) is 1. The monoisotopic (exact) mass is 539 g/mol. The molecule has 7 heteroatoms. The number of anilines is 1. The molecule has 2 aromatic rings. The molecule has 0 aromatic heterocycles. The topological polar surface area (TPSA) is 61.9 Å². The van der Waals surface area contributed by atoms with Crippen LogP contribution < -0.4 is 10.2 Å². The summed E-state index contributed by atoms with van der Waals surface area (Å²) in [4.78, 5) is 29.2. The number of urea groups is 1. The van der Waals surface area contributed by atoms with E-state index in [1.54, 1.807) is 19.2 Å². The molecule has 1 unspecified atom stereocenters. The first kappa shape index (κ1) is 30.6. The molecule has 0 bridgehead atoms. The first-order chi connectivity index (χ1) is 18.8. The number of carbonyl (C=O) groups is 2. The fourth-order valence-electron chi connectivity index (χ4n) is 4.99. The van der Waals surface area contributed by atoms with Crippen molar-refractivity contribution in [2.75, 3.05) is 38.2 Å². The molecular weight excluding hydrogens is 493 g/mol. The largest absolute Gasteiger partial charge is 0.368 e. The Morgan fingerprint density at radius 3 is 2.41 bits per heavy atom. The molecule has 1 fully saturated rings. The van der Waals surface area contributed by atoms with E-state index in [1.165, 1.54) is 30.2 Å². The second-order valence-corrected chi connectivity index (χ2v) is 10.7. The standard InChI is InChI=1S/C32H46FN3O3/c1-5-7-8-9-10-19-34-32(38)35(4)27-15-16-29(33)28(23-27)26-13-11-25(12-14-26)22-30(39-6-2)31(37)36-20-17-24(3)18-21-36/h11-16,23-24,30H,5-10,17-22H2,1-4H3,(H,34,38). The van der Waals surface area contributed by atoms with Gasteiger partial charge in [0.15, 0.2) is 0 Å². The third-order valence-corrected chi connectivity index (χ3v) is 7.62. The summed E-state index contributed by atoms with van der Waals surface area (Å²) in [5, 5.41) is 2.95. The Morgan fingerprint density at radius 1 is 1.05 bits per heavy atom. The highest BCUT2D eigenvalue weighted by Gasteiger charge is 2.27. The van der Waals surface area contributed by atoms with E-state index >= 15 is 0 Å². The van der Waals surface area contributed by atoms with Crippen LogP contribution in [0.25, 0.3) is 11.1 Å². The molecule has 214 valence electrons. The molecule has 1 aliphatic heterocycles. The van der Waals surface area contributed by atoms with E-state index in [2.05, 4.69) is 19.2 Å². The summed E-state index contributed by atoms with van der Waals surface area (Å²) in [6, 6.07) is 12.1. The maximum atomic E-state index is 14.8. The minimum absolute atomic E-state index is 0.0499. The summed E-state index contributed by atoms with van der Waals surface area (Å²) in [5.41, 5.74) is 2.73. The van der Waals surface area contributed by atoms with Crippen LogP contribution >= 0.6 is 0 Å². The number of rotatable bonds is 13. The van der Waals surface area contributed by atoms with Gasteiger partial charge in [0.05, 0.1) is 0 Å². The molecule has 0 saturated carbocycles. The minimum atomic E-state index is -0.520. The predicted octanol–water partition coefficient (Wildman–Crippen LogP) is 6.82. The van der Waals surface area contributed by atoms with Crippen LogP contribution in [0.5, 0.6) is 0 Å². The molecule has 1 atom stereocenters. The zero-order valence-electron chi connectivity index (χ0n) is 24.2. The average Bonchev–Trinajstić information content (AvgIpc) is 2.95. The van der Waals surface area contributed by atoms with Gasteiger partial charge in [0, 0.05) is 51.0 Å². The third kappa shape index (κ3) is 9.06. The first-order valence-electron chi connectivity index (χ1n) is 14.6. The fourth-order valence-corrected chi connectivity index (χ4v) is 4.99. The third-order valence-electron chi connectivity index (χ3n) is 7.62. The number of halogens is 1. The highest BCUT2D eigenvalue weighted by atomic mass is 19.1. The van der Waals surface area contributed by atoms with Crippen LogP contribution in [-0.2, 0) is 16.0 Å². The van der Waals surface area contributed by atoms with E-state index < -0.39 is 6.10 Å². The van der Waals surface area contributed by atoms with E-state index in [-0.39, 0.29) is 17.8 Å². The van der Waals surface area contributed by atoms with Crippen molar-refractivity contribution in [3.8, 4) is 11.1 Å². The van der Waals surface area contributed by atoms with Gasteiger partial charge in [-0.1, -0.05) is 63.8 Å². The van der Waals surface area contributed by atoms with Gasteiger partial charge in [-0.3, -0.25) is 9.69 Å². The summed E-state index contributed by atoms with van der Waals surface area (Å²) in [6.07, 6.45) is 7.66. The molecule has 39 heavy (non-hydrogen) atoms. The second kappa shape index (κ2) is 15.6. The lowest BCUT2D eigenvalue weighted by molar-refractivity contribution is -0.144. The second-order valence-electron chi connectivity index (χ2n) is 10.7. The molecule has 3 rings (SSSR count). The van der Waals surface area contributed by atoms with Gasteiger partial charge in [-0.2, -0.15) is 0 Å². The highest BCUT2D eigenvalue weighted by Crippen LogP contribution is 2.28. The van der Waals surface area contributed by atoms with Gasteiger partial charge < -0.3 is 15.0 Å². The molecular formula is C32H46FN3O3. The quantitative estimate of drug-likeness (QED) is 0.284. The molecule has 1 aliphatic rings. The van der Waals surface area contributed by atoms with Crippen molar-refractivity contribution in [3.63, 3.8) is 0 Å². The number of amides is 3. The number of nitrogens with one attached hydrogen (secondary N) is 1. The number of unbranched alkanes of at least 4 members (excludes halogenated alkanes) is 4. The summed E-state index contributed by atoms with van der Waals surface area (Å²) < 4.78 is 20.7. The number of carbonyl (C=O) groups excluding carboxylic acids is 2. The Balaban J connectivity index is 1.63. The molecule has 3 amide bonds. The SMILES string of the molecule is CCCCCCCNC(=O)N(C)c1ccc(F)c(-c2ccc(CC(OCC)C(=O)N3CCC(C)CC3)cc2)c1. The van der Waals surface area contributed by atoms with Crippen molar-refractivity contribution >= 4 is 17.6 Å². The van der Waals surface area contributed by atoms with Gasteiger partial charge in [-0.15, -0.1) is 0 Å². The smallest absolute Gasteiger partial charge is 0.321 e. The Kier molecular flexibility index (Phi) is 12.2. The number of hydrogen-bond acceptors (Lipinski definition) is 3. The lowest BCUT2D eigenvalue weighted by Crippen LogP contribution is -2.45. The summed E-state index contributed by atoms with van der Waals surface area (Å²) in [6.45, 7) is 8.97. The number of nitrogens with zero attached hydrogens (tertiary/aromatic N) is 2. The van der Waals surface area contributed by atoms with Crippen LogP contribution in [0.2, 0.25) is 0 Å². The molecule has 0 spiro atoms. The predicted molar refractivity (Wildman–Crippen MR) is 156 cm³/mol. The highest BCUT2D eigenvalue weighted by molar-refractivity contribution is 5.92. The number of piperidine rings is 1. The summed E-state index contributed by atoms with van der Waals surface area (Å²) >= 11 is 0. The van der Waals surface area contributed by atoms with E-state index in [1.807, 2.05) is 36.1 Å². The fraction of sp³-hybridized carbons (Fsp3) is 0.562. The molecule has 1 saturated heterocycles. The van der Waals surface area contributed by atoms with Gasteiger partial charge in [-0.25, -0.2) is 9.18 Å². The Bertz CT molecular complexity index is 1050. The lowest BCUT2D eigenvalue weighted by atomic mass is 9.97. The van der Waals surface area contributed by atoms with Crippen molar-refractivity contribution in [1.82, 2.24) is 10.2 Å². The zero-order chi connectivity index (χ0) is 28.2. The van der Waals surface area contributed by atoms with Crippen molar-refractivity contribution < 1.29 is 18.7 Å². The Labute approximate surface area is 233 Å². The Morgan fingerprint density at radius 2 is 1.74 bits per heavy atom. The van der Waals surface area contributed by atoms with Gasteiger partial charge in [-0.05, 0) is 61.4 Å². The van der Waals surface area contributed by atoms with E-state index in [4.69, 9.17) is 4.74 Å². The van der Waals surface area contributed by atoms with Crippen LogP contribution in [-0.4, -0.2) is 56.2 Å². The van der Waals surface area contributed by atoms with Crippen molar-refractivity contribution in [2.45, 2.75) is 78.2 Å². The van der Waals surface area contributed by atoms with Crippen LogP contribution in [0.1, 0.15) is 71.3 Å². The van der Waals surface area contributed by atoms with Crippen LogP contribution in [0, 0.1) is 11.7 Å². The van der Waals surface area contributed by atoms with Crippen molar-refractivity contribution in [2.24, 2.45) is 5.92 Å². The van der Waals surface area contributed by atoms with Crippen molar-refractivity contribution in [3.05, 3.63) is 53.8 Å². The molecule has 1 heterocycles. The van der Waals surface area contributed by atoms with Crippen molar-refractivity contribution in [1.29, 1.82) is 0 Å². The maximum absolute atomic E-state index is 14.8. The summed E-state index contributed by atoms with van der Waals surface area (Å²) in [7, 11) is 1.69. The van der Waals surface area contributed by atoms with E-state index in [0.717, 1.165) is 44.3 Å². The number of ether oxygens (including phenoxy) is 1. The van der Waals surface area contributed by atoms with Gasteiger partial charge in [0.1, 0.15) is 11.9 Å². The molecule has 1 N–H and O–H groups in total. The van der Waals surface area contributed by atoms with Gasteiger partial charge >= 0.3 is 6.03 Å². The minimum Gasteiger partial charge on any atom is -0.368 e. The van der Waals surface area contributed by atoms with E-state index in [0.29, 0.717) is 42.3 Å². The zero-order valence-corrected chi connectivity index (χ0v) is 24.2. The van der Waals surface area contributed by atoms with Crippen LogP contribution in [0.15, 0.2) is 42.5 Å². The first-order valence-corrected chi connectivity index (χ1v) is 14.6. The number of hydrogen-bond donors (Lipinski definition) is 1.